The van der Waals surface area contributed by atoms with E-state index in [9.17, 15) is 0 Å². The third-order valence-electron chi connectivity index (χ3n) is 3.06. The van der Waals surface area contributed by atoms with E-state index in [1.165, 1.54) is 0 Å². The molecule has 2 aromatic carbocycles. The van der Waals surface area contributed by atoms with Crippen LogP contribution in [0.15, 0.2) is 34.8 Å². The topological polar surface area (TPSA) is 21.3 Å². The SMILES string of the molecule is COc1ccc(C(C)Nc2cc(Cl)c(Cl)cc2Cl)cc1Br. The first-order chi connectivity index (χ1) is 9.92. The van der Waals surface area contributed by atoms with E-state index >= 15 is 0 Å². The molecule has 112 valence electrons. The fourth-order valence-corrected chi connectivity index (χ4v) is 3.06. The minimum absolute atomic E-state index is 0.0435. The fraction of sp³-hybridized carbons (Fsp3) is 0.200. The number of hydrogen-bond acceptors (Lipinski definition) is 2. The third-order valence-corrected chi connectivity index (χ3v) is 4.71. The zero-order valence-electron chi connectivity index (χ0n) is 11.4. The molecule has 0 saturated heterocycles. The first-order valence-electron chi connectivity index (χ1n) is 6.17. The van der Waals surface area contributed by atoms with Gasteiger partial charge in [-0.05, 0) is 52.7 Å². The van der Waals surface area contributed by atoms with Crippen LogP contribution >= 0.6 is 50.7 Å². The van der Waals surface area contributed by atoms with Crippen LogP contribution in [-0.4, -0.2) is 7.11 Å². The van der Waals surface area contributed by atoms with Gasteiger partial charge in [0.05, 0.1) is 32.3 Å². The molecule has 0 saturated carbocycles. The highest BCUT2D eigenvalue weighted by Gasteiger charge is 2.12. The molecule has 0 bridgehead atoms. The molecule has 6 heteroatoms. The quantitative estimate of drug-likeness (QED) is 0.575. The van der Waals surface area contributed by atoms with Crippen molar-refractivity contribution in [2.24, 2.45) is 0 Å². The Labute approximate surface area is 147 Å². The van der Waals surface area contributed by atoms with Crippen LogP contribution in [0, 0.1) is 0 Å². The summed E-state index contributed by atoms with van der Waals surface area (Å²) < 4.78 is 6.12. The molecule has 0 aliphatic carbocycles. The Morgan fingerprint density at radius 2 is 1.71 bits per heavy atom. The second-order valence-corrected chi connectivity index (χ2v) is 6.58. The van der Waals surface area contributed by atoms with Crippen LogP contribution < -0.4 is 10.1 Å². The minimum atomic E-state index is 0.0435. The molecule has 0 spiro atoms. The van der Waals surface area contributed by atoms with Crippen molar-refractivity contribution in [1.29, 1.82) is 0 Å². The van der Waals surface area contributed by atoms with Crippen LogP contribution in [-0.2, 0) is 0 Å². The molecule has 0 aliphatic rings. The number of methoxy groups -OCH3 is 1. The molecular formula is C15H13BrCl3NO. The molecule has 1 N–H and O–H groups in total. The fourth-order valence-electron chi connectivity index (χ4n) is 1.90. The number of nitrogens with one attached hydrogen (secondary N) is 1. The summed E-state index contributed by atoms with van der Waals surface area (Å²) in [5.74, 6) is 0.790. The zero-order chi connectivity index (χ0) is 15.6. The largest absolute Gasteiger partial charge is 0.496 e. The van der Waals surface area contributed by atoms with Crippen molar-refractivity contribution >= 4 is 56.4 Å². The van der Waals surface area contributed by atoms with E-state index in [-0.39, 0.29) is 6.04 Å². The molecule has 0 fully saturated rings. The van der Waals surface area contributed by atoms with Gasteiger partial charge in [0.2, 0.25) is 0 Å². The van der Waals surface area contributed by atoms with Crippen LogP contribution in [0.4, 0.5) is 5.69 Å². The lowest BCUT2D eigenvalue weighted by atomic mass is 10.1. The summed E-state index contributed by atoms with van der Waals surface area (Å²) in [5.41, 5.74) is 1.83. The van der Waals surface area contributed by atoms with Crippen LogP contribution in [0.2, 0.25) is 15.1 Å². The smallest absolute Gasteiger partial charge is 0.133 e. The number of halogens is 4. The molecule has 1 unspecified atom stereocenters. The summed E-state index contributed by atoms with van der Waals surface area (Å²) in [6, 6.07) is 9.30. The first kappa shape index (κ1) is 16.8. The van der Waals surface area contributed by atoms with E-state index in [1.807, 2.05) is 25.1 Å². The van der Waals surface area contributed by atoms with Gasteiger partial charge in [-0.3, -0.25) is 0 Å². The Morgan fingerprint density at radius 1 is 1.05 bits per heavy atom. The molecular weight excluding hydrogens is 396 g/mol. The minimum Gasteiger partial charge on any atom is -0.496 e. The number of hydrogen-bond donors (Lipinski definition) is 1. The summed E-state index contributed by atoms with van der Waals surface area (Å²) >= 11 is 21.6. The van der Waals surface area contributed by atoms with Crippen molar-refractivity contribution in [3.63, 3.8) is 0 Å². The van der Waals surface area contributed by atoms with E-state index in [0.717, 1.165) is 21.5 Å². The van der Waals surface area contributed by atoms with Crippen molar-refractivity contribution in [3.8, 4) is 5.75 Å². The van der Waals surface area contributed by atoms with Crippen molar-refractivity contribution in [2.45, 2.75) is 13.0 Å². The van der Waals surface area contributed by atoms with Crippen molar-refractivity contribution < 1.29 is 4.74 Å². The van der Waals surface area contributed by atoms with E-state index in [0.29, 0.717) is 15.1 Å². The first-order valence-corrected chi connectivity index (χ1v) is 8.09. The van der Waals surface area contributed by atoms with E-state index in [2.05, 4.69) is 21.2 Å². The highest BCUT2D eigenvalue weighted by Crippen LogP contribution is 2.35. The van der Waals surface area contributed by atoms with Gasteiger partial charge in [-0.25, -0.2) is 0 Å². The highest BCUT2D eigenvalue weighted by molar-refractivity contribution is 9.10. The van der Waals surface area contributed by atoms with Gasteiger partial charge in [-0.15, -0.1) is 0 Å². The van der Waals surface area contributed by atoms with Gasteiger partial charge >= 0.3 is 0 Å². The number of rotatable bonds is 4. The molecule has 21 heavy (non-hydrogen) atoms. The second-order valence-electron chi connectivity index (χ2n) is 4.51. The Hall–Kier alpha value is -0.610. The molecule has 0 amide bonds. The van der Waals surface area contributed by atoms with Gasteiger partial charge in [-0.2, -0.15) is 0 Å². The van der Waals surface area contributed by atoms with Crippen LogP contribution in [0.5, 0.6) is 5.75 Å². The average Bonchev–Trinajstić information content (AvgIpc) is 2.44. The Balaban J connectivity index is 2.23. The maximum absolute atomic E-state index is 6.18. The number of anilines is 1. The number of benzene rings is 2. The maximum atomic E-state index is 6.18. The van der Waals surface area contributed by atoms with Crippen LogP contribution in [0.25, 0.3) is 0 Å². The molecule has 0 heterocycles. The lowest BCUT2D eigenvalue weighted by molar-refractivity contribution is 0.412. The average molecular weight is 410 g/mol. The second kappa shape index (κ2) is 7.10. The molecule has 0 aromatic heterocycles. The predicted molar refractivity (Wildman–Crippen MR) is 94.2 cm³/mol. The summed E-state index contributed by atoms with van der Waals surface area (Å²) in [4.78, 5) is 0. The van der Waals surface area contributed by atoms with Gasteiger partial charge in [-0.1, -0.05) is 40.9 Å². The zero-order valence-corrected chi connectivity index (χ0v) is 15.2. The molecule has 2 aromatic rings. The lowest BCUT2D eigenvalue weighted by Crippen LogP contribution is -2.07. The summed E-state index contributed by atoms with van der Waals surface area (Å²) in [6.45, 7) is 2.03. The van der Waals surface area contributed by atoms with Gasteiger partial charge in [0.1, 0.15) is 5.75 Å². The Kier molecular flexibility index (Phi) is 5.67. The van der Waals surface area contributed by atoms with Gasteiger partial charge in [0, 0.05) is 6.04 Å². The van der Waals surface area contributed by atoms with Gasteiger partial charge < -0.3 is 10.1 Å². The molecule has 2 nitrogen and oxygen atoms in total. The van der Waals surface area contributed by atoms with Crippen molar-refractivity contribution in [2.75, 3.05) is 12.4 Å². The van der Waals surface area contributed by atoms with Crippen molar-refractivity contribution in [1.82, 2.24) is 0 Å². The normalized spacial score (nSPS) is 12.1. The molecule has 2 rings (SSSR count). The van der Waals surface area contributed by atoms with Gasteiger partial charge in [0.25, 0.3) is 0 Å². The molecule has 1 atom stereocenters. The van der Waals surface area contributed by atoms with E-state index < -0.39 is 0 Å². The van der Waals surface area contributed by atoms with E-state index in [4.69, 9.17) is 39.5 Å². The van der Waals surface area contributed by atoms with Crippen molar-refractivity contribution in [3.05, 3.63) is 55.4 Å². The highest BCUT2D eigenvalue weighted by atomic mass is 79.9. The number of ether oxygens (including phenoxy) is 1. The summed E-state index contributed by atoms with van der Waals surface area (Å²) in [7, 11) is 1.64. The summed E-state index contributed by atoms with van der Waals surface area (Å²) in [5, 5.41) is 4.76. The van der Waals surface area contributed by atoms with Crippen LogP contribution in [0.3, 0.4) is 0 Å². The Bertz CT molecular complexity index is 664. The predicted octanol–water partition coefficient (Wildman–Crippen LogP) is 6.59. The maximum Gasteiger partial charge on any atom is 0.133 e. The van der Waals surface area contributed by atoms with E-state index in [1.54, 1.807) is 19.2 Å². The van der Waals surface area contributed by atoms with Crippen LogP contribution in [0.1, 0.15) is 18.5 Å². The standard InChI is InChI=1S/C15H13BrCl3NO/c1-8(9-3-4-15(21-2)10(16)5-9)20-14-7-12(18)11(17)6-13(14)19/h3-8,20H,1-2H3. The summed E-state index contributed by atoms with van der Waals surface area (Å²) in [6.07, 6.45) is 0. The van der Waals surface area contributed by atoms with Gasteiger partial charge in [0.15, 0.2) is 0 Å². The lowest BCUT2D eigenvalue weighted by Gasteiger charge is -2.18. The molecule has 0 aliphatic heterocycles. The monoisotopic (exact) mass is 407 g/mol. The molecule has 0 radical (unpaired) electrons. The third kappa shape index (κ3) is 3.98. The Morgan fingerprint density at radius 3 is 2.33 bits per heavy atom.